The number of esters is 1. The zero-order chi connectivity index (χ0) is 28.9. The maximum atomic E-state index is 12.8. The van der Waals surface area contributed by atoms with Crippen molar-refractivity contribution >= 4 is 5.97 Å². The first-order valence-electron chi connectivity index (χ1n) is 17.6. The summed E-state index contributed by atoms with van der Waals surface area (Å²) in [5.41, 5.74) is 2.71. The third-order valence-electron chi connectivity index (χ3n) is 10.8. The van der Waals surface area contributed by atoms with E-state index in [0.717, 1.165) is 38.5 Å². The minimum atomic E-state index is 0.0363. The van der Waals surface area contributed by atoms with Gasteiger partial charge in [0.1, 0.15) is 11.9 Å². The monoisotopic (exact) mass is 568 g/mol. The Hall–Kier alpha value is -1.55. The molecule has 1 aromatic rings. The molecule has 3 aliphatic carbocycles. The summed E-state index contributed by atoms with van der Waals surface area (Å²) < 4.78 is 11.7. The van der Waals surface area contributed by atoms with Crippen LogP contribution in [0.4, 0.5) is 0 Å². The summed E-state index contributed by atoms with van der Waals surface area (Å²) in [4.78, 5) is 12.8. The first-order valence-corrected chi connectivity index (χ1v) is 17.6. The van der Waals surface area contributed by atoms with Crippen LogP contribution in [-0.2, 0) is 14.3 Å². The highest BCUT2D eigenvalue weighted by Gasteiger charge is 2.50. The van der Waals surface area contributed by atoms with Crippen LogP contribution >= 0.6 is 0 Å². The zero-order valence-electron chi connectivity index (χ0n) is 26.4. The Morgan fingerprint density at radius 1 is 0.756 bits per heavy atom. The van der Waals surface area contributed by atoms with E-state index < -0.39 is 0 Å². The van der Waals surface area contributed by atoms with Gasteiger partial charge in [-0.25, -0.2) is 0 Å². The van der Waals surface area contributed by atoms with Crippen LogP contribution in [0.2, 0.25) is 0 Å². The van der Waals surface area contributed by atoms with Gasteiger partial charge in [-0.05, 0) is 85.5 Å². The van der Waals surface area contributed by atoms with E-state index >= 15 is 0 Å². The van der Waals surface area contributed by atoms with Gasteiger partial charge in [0.15, 0.2) is 0 Å². The van der Waals surface area contributed by atoms with Crippen LogP contribution in [0.3, 0.4) is 0 Å². The van der Waals surface area contributed by atoms with Gasteiger partial charge in [-0.2, -0.15) is 0 Å². The fourth-order valence-corrected chi connectivity index (χ4v) is 8.68. The van der Waals surface area contributed by atoms with Crippen molar-refractivity contribution in [1.82, 2.24) is 0 Å². The molecule has 41 heavy (non-hydrogen) atoms. The number of aromatic hydroxyl groups is 1. The van der Waals surface area contributed by atoms with Gasteiger partial charge >= 0.3 is 5.97 Å². The van der Waals surface area contributed by atoms with Gasteiger partial charge in [-0.1, -0.05) is 103 Å². The topological polar surface area (TPSA) is 55.8 Å². The van der Waals surface area contributed by atoms with E-state index in [0.29, 0.717) is 48.4 Å². The van der Waals surface area contributed by atoms with Gasteiger partial charge in [0.25, 0.3) is 0 Å². The number of ether oxygens (including phenoxy) is 2. The highest BCUT2D eigenvalue weighted by atomic mass is 16.5. The summed E-state index contributed by atoms with van der Waals surface area (Å²) in [6.45, 7) is 2.99. The van der Waals surface area contributed by atoms with E-state index in [2.05, 4.69) is 13.0 Å². The maximum absolute atomic E-state index is 12.8. The Morgan fingerprint density at radius 3 is 2.00 bits per heavy atom. The first-order chi connectivity index (χ1) is 20.1. The van der Waals surface area contributed by atoms with Gasteiger partial charge in [0.2, 0.25) is 0 Å². The molecule has 6 unspecified atom stereocenters. The molecular weight excluding hydrogens is 508 g/mol. The van der Waals surface area contributed by atoms with E-state index in [1.54, 1.807) is 7.11 Å². The molecule has 1 N–H and O–H groups in total. The maximum Gasteiger partial charge on any atom is 0.306 e. The van der Waals surface area contributed by atoms with Crippen LogP contribution in [-0.4, -0.2) is 30.9 Å². The van der Waals surface area contributed by atoms with Crippen molar-refractivity contribution in [3.8, 4) is 5.75 Å². The summed E-state index contributed by atoms with van der Waals surface area (Å²) in [6.07, 6.45) is 26.5. The molecule has 2 fully saturated rings. The minimum Gasteiger partial charge on any atom is -0.508 e. The van der Waals surface area contributed by atoms with Crippen molar-refractivity contribution in [2.75, 3.05) is 13.7 Å². The molecule has 0 radical (unpaired) electrons. The Kier molecular flexibility index (Phi) is 13.8. The van der Waals surface area contributed by atoms with E-state index in [9.17, 15) is 9.90 Å². The average Bonchev–Trinajstić information content (AvgIpc) is 3.38. The van der Waals surface area contributed by atoms with E-state index in [-0.39, 0.29) is 12.1 Å². The highest BCUT2D eigenvalue weighted by molar-refractivity contribution is 5.69. The van der Waals surface area contributed by atoms with E-state index in [1.165, 1.54) is 101 Å². The van der Waals surface area contributed by atoms with Crippen molar-refractivity contribution in [3.05, 3.63) is 29.3 Å². The van der Waals surface area contributed by atoms with Gasteiger partial charge < -0.3 is 14.6 Å². The van der Waals surface area contributed by atoms with Crippen molar-refractivity contribution in [2.45, 2.75) is 160 Å². The summed E-state index contributed by atoms with van der Waals surface area (Å²) in [5.74, 6) is 3.09. The van der Waals surface area contributed by atoms with Crippen LogP contribution in [0.25, 0.3) is 0 Å². The molecule has 4 heteroatoms. The zero-order valence-corrected chi connectivity index (χ0v) is 26.4. The second-order valence-corrected chi connectivity index (χ2v) is 13.7. The molecule has 0 heterocycles. The Balaban J connectivity index is 1.08. The third-order valence-corrected chi connectivity index (χ3v) is 10.8. The first kappa shape index (κ1) is 32.4. The fraction of sp³-hybridized carbons (Fsp3) is 0.811. The number of methoxy groups -OCH3 is 1. The summed E-state index contributed by atoms with van der Waals surface area (Å²) >= 11 is 0. The van der Waals surface area contributed by atoms with Crippen LogP contribution < -0.4 is 0 Å². The lowest BCUT2D eigenvalue weighted by atomic mass is 9.58. The second kappa shape index (κ2) is 17.5. The second-order valence-electron chi connectivity index (χ2n) is 13.7. The number of hydrogen-bond donors (Lipinski definition) is 1. The number of unbranched alkanes of at least 4 members (excludes halogenated alkanes) is 14. The molecule has 0 aromatic heterocycles. The lowest BCUT2D eigenvalue weighted by Gasteiger charge is -2.47. The predicted molar refractivity (Wildman–Crippen MR) is 168 cm³/mol. The number of carbonyl (C=O) groups excluding carboxylic acids is 1. The normalized spacial score (nSPS) is 26.8. The third kappa shape index (κ3) is 9.47. The van der Waals surface area contributed by atoms with Crippen LogP contribution in [0, 0.1) is 17.8 Å². The van der Waals surface area contributed by atoms with Crippen LogP contribution in [0.15, 0.2) is 18.2 Å². The SMILES string of the molecule is CCCCCCCCCCCCCCCCCC(=O)OC1CCC2C1CCC1c3ccc(O)cc3C(COC)CC12. The molecule has 0 saturated heterocycles. The lowest BCUT2D eigenvalue weighted by molar-refractivity contribution is -0.152. The molecule has 0 aliphatic heterocycles. The molecule has 0 amide bonds. The van der Waals surface area contributed by atoms with Gasteiger partial charge in [0, 0.05) is 19.4 Å². The number of carbonyl (C=O) groups is 1. The van der Waals surface area contributed by atoms with E-state index in [4.69, 9.17) is 9.47 Å². The lowest BCUT2D eigenvalue weighted by Crippen LogP contribution is -2.39. The number of hydrogen-bond acceptors (Lipinski definition) is 4. The number of fused-ring (bicyclic) bond motifs is 5. The molecular formula is C37H60O4. The summed E-state index contributed by atoms with van der Waals surface area (Å²) in [7, 11) is 1.78. The van der Waals surface area contributed by atoms with E-state index in [1.807, 2.05) is 12.1 Å². The molecule has 2 saturated carbocycles. The summed E-state index contributed by atoms with van der Waals surface area (Å²) in [5, 5.41) is 10.1. The molecule has 4 rings (SSSR count). The van der Waals surface area contributed by atoms with Gasteiger partial charge in [-0.15, -0.1) is 0 Å². The molecule has 0 bridgehead atoms. The fourth-order valence-electron chi connectivity index (χ4n) is 8.68. The standard InChI is InChI=1S/C37H60O4/c1-3-4-5-6-7-8-9-10-11-12-13-14-15-16-17-18-37(39)41-36-24-23-32-33(36)22-21-31-30-20-19-29(38)26-34(30)28(27-40-2)25-35(31)32/h19-20,26,28,31-33,35-36,38H,3-18,21-25,27H2,1-2H3. The van der Waals surface area contributed by atoms with Crippen molar-refractivity contribution in [3.63, 3.8) is 0 Å². The Labute approximate surface area is 251 Å². The predicted octanol–water partition coefficient (Wildman–Crippen LogP) is 10.2. The molecule has 6 atom stereocenters. The van der Waals surface area contributed by atoms with Crippen molar-refractivity contribution in [1.29, 1.82) is 0 Å². The number of benzene rings is 1. The quantitative estimate of drug-likeness (QED) is 0.133. The number of rotatable bonds is 19. The molecule has 4 nitrogen and oxygen atoms in total. The Bertz CT molecular complexity index is 897. The van der Waals surface area contributed by atoms with Crippen LogP contribution in [0.5, 0.6) is 5.75 Å². The van der Waals surface area contributed by atoms with Crippen molar-refractivity contribution in [2.24, 2.45) is 17.8 Å². The molecule has 232 valence electrons. The molecule has 1 aromatic carbocycles. The van der Waals surface area contributed by atoms with Gasteiger partial charge in [0.05, 0.1) is 6.61 Å². The minimum absolute atomic E-state index is 0.0363. The Morgan fingerprint density at radius 2 is 1.37 bits per heavy atom. The highest BCUT2D eigenvalue weighted by Crippen LogP contribution is 2.58. The molecule has 3 aliphatic rings. The average molecular weight is 569 g/mol. The number of phenols is 1. The summed E-state index contributed by atoms with van der Waals surface area (Å²) in [6, 6.07) is 5.99. The van der Waals surface area contributed by atoms with Gasteiger partial charge in [-0.3, -0.25) is 4.79 Å². The smallest absolute Gasteiger partial charge is 0.306 e. The van der Waals surface area contributed by atoms with Crippen LogP contribution in [0.1, 0.15) is 165 Å². The molecule has 0 spiro atoms. The largest absolute Gasteiger partial charge is 0.508 e. The number of phenolic OH excluding ortho intramolecular Hbond substituents is 1. The van der Waals surface area contributed by atoms with Crippen molar-refractivity contribution < 1.29 is 19.4 Å².